The van der Waals surface area contributed by atoms with E-state index in [-0.39, 0.29) is 5.91 Å². The third kappa shape index (κ3) is 5.87. The Morgan fingerprint density at radius 2 is 1.85 bits per heavy atom. The molecule has 0 atom stereocenters. The molecule has 134 valence electrons. The fourth-order valence-electron chi connectivity index (χ4n) is 2.40. The van der Waals surface area contributed by atoms with Crippen molar-refractivity contribution in [2.75, 3.05) is 20.2 Å². The number of nitrogens with zero attached hydrogens (tertiary/aromatic N) is 2. The quantitative estimate of drug-likeness (QED) is 0.762. The molecule has 6 heteroatoms. The lowest BCUT2D eigenvalue weighted by Crippen LogP contribution is -2.44. The highest BCUT2D eigenvalue weighted by Gasteiger charge is 2.14. The standard InChI is InChI=1S/C20H21N3O2S/c1-25-18-10-8-17(9-11-18)19(24)22-20(26)23(14-5-13-21)15-12-16-6-3-2-4-7-16/h2-4,6-11H,5,12,14-15H2,1H3,(H,22,24,26). The van der Waals surface area contributed by atoms with Crippen LogP contribution in [0.1, 0.15) is 22.3 Å². The Morgan fingerprint density at radius 1 is 1.15 bits per heavy atom. The molecular weight excluding hydrogens is 346 g/mol. The average molecular weight is 367 g/mol. The second-order valence-corrected chi connectivity index (χ2v) is 6.01. The molecule has 0 saturated carbocycles. The molecule has 0 radical (unpaired) electrons. The molecule has 0 aliphatic rings. The van der Waals surface area contributed by atoms with Gasteiger partial charge in [-0.15, -0.1) is 0 Å². The van der Waals surface area contributed by atoms with Gasteiger partial charge < -0.3 is 9.64 Å². The summed E-state index contributed by atoms with van der Waals surface area (Å²) < 4.78 is 5.09. The van der Waals surface area contributed by atoms with Gasteiger partial charge in [-0.1, -0.05) is 30.3 Å². The molecule has 0 spiro atoms. The predicted molar refractivity (Wildman–Crippen MR) is 105 cm³/mol. The van der Waals surface area contributed by atoms with Crippen molar-refractivity contribution in [3.63, 3.8) is 0 Å². The number of nitrogens with one attached hydrogen (secondary N) is 1. The first-order chi connectivity index (χ1) is 12.6. The summed E-state index contributed by atoms with van der Waals surface area (Å²) >= 11 is 5.39. The molecule has 0 fully saturated rings. The fourth-order valence-corrected chi connectivity index (χ4v) is 2.67. The minimum Gasteiger partial charge on any atom is -0.497 e. The Morgan fingerprint density at radius 3 is 2.46 bits per heavy atom. The number of ether oxygens (including phenoxy) is 1. The van der Waals surface area contributed by atoms with Crippen LogP contribution in [0.25, 0.3) is 0 Å². The van der Waals surface area contributed by atoms with Crippen LogP contribution in [0.3, 0.4) is 0 Å². The Bertz CT molecular complexity index is 770. The van der Waals surface area contributed by atoms with Crippen molar-refractivity contribution >= 4 is 23.2 Å². The van der Waals surface area contributed by atoms with E-state index in [1.165, 1.54) is 5.56 Å². The Hall–Kier alpha value is -2.91. The normalized spacial score (nSPS) is 9.85. The number of carbonyl (C=O) groups excluding carboxylic acids is 1. The first-order valence-corrected chi connectivity index (χ1v) is 8.70. The van der Waals surface area contributed by atoms with Crippen LogP contribution in [0.5, 0.6) is 5.75 Å². The van der Waals surface area contributed by atoms with E-state index in [0.717, 1.165) is 6.42 Å². The van der Waals surface area contributed by atoms with Crippen LogP contribution >= 0.6 is 12.2 Å². The van der Waals surface area contributed by atoms with Gasteiger partial charge in [0.2, 0.25) is 0 Å². The topological polar surface area (TPSA) is 65.4 Å². The maximum Gasteiger partial charge on any atom is 0.257 e. The number of amides is 1. The van der Waals surface area contributed by atoms with Crippen molar-refractivity contribution in [2.45, 2.75) is 12.8 Å². The summed E-state index contributed by atoms with van der Waals surface area (Å²) in [5.74, 6) is 0.405. The van der Waals surface area contributed by atoms with Gasteiger partial charge in [-0.2, -0.15) is 5.26 Å². The van der Waals surface area contributed by atoms with Gasteiger partial charge in [-0.3, -0.25) is 10.1 Å². The molecule has 5 nitrogen and oxygen atoms in total. The Labute approximate surface area is 159 Å². The molecule has 0 aromatic heterocycles. The Kier molecular flexibility index (Phi) is 7.59. The molecule has 2 aromatic rings. The highest BCUT2D eigenvalue weighted by Crippen LogP contribution is 2.11. The highest BCUT2D eigenvalue weighted by atomic mass is 32.1. The van der Waals surface area contributed by atoms with Crippen molar-refractivity contribution in [1.82, 2.24) is 10.2 Å². The number of rotatable bonds is 7. The van der Waals surface area contributed by atoms with Crippen LogP contribution in [-0.4, -0.2) is 36.1 Å². The highest BCUT2D eigenvalue weighted by molar-refractivity contribution is 7.80. The van der Waals surface area contributed by atoms with E-state index in [1.54, 1.807) is 31.4 Å². The molecular formula is C20H21N3O2S. The molecule has 2 rings (SSSR count). The lowest BCUT2D eigenvalue weighted by Gasteiger charge is -2.24. The molecule has 0 saturated heterocycles. The smallest absolute Gasteiger partial charge is 0.257 e. The summed E-state index contributed by atoms with van der Waals surface area (Å²) in [7, 11) is 1.57. The summed E-state index contributed by atoms with van der Waals surface area (Å²) in [6.07, 6.45) is 1.12. The zero-order chi connectivity index (χ0) is 18.8. The van der Waals surface area contributed by atoms with Crippen LogP contribution in [0, 0.1) is 11.3 Å². The van der Waals surface area contributed by atoms with Gasteiger partial charge in [0.25, 0.3) is 5.91 Å². The molecule has 0 aliphatic carbocycles. The second kappa shape index (κ2) is 10.2. The van der Waals surface area contributed by atoms with Gasteiger partial charge >= 0.3 is 0 Å². The van der Waals surface area contributed by atoms with E-state index < -0.39 is 0 Å². The first-order valence-electron chi connectivity index (χ1n) is 8.29. The molecule has 0 aliphatic heterocycles. The monoisotopic (exact) mass is 367 g/mol. The van der Waals surface area contributed by atoms with Crippen molar-refractivity contribution < 1.29 is 9.53 Å². The fraction of sp³-hybridized carbons (Fsp3) is 0.250. The minimum absolute atomic E-state index is 0.278. The van der Waals surface area contributed by atoms with E-state index in [1.807, 2.05) is 35.2 Å². The van der Waals surface area contributed by atoms with Crippen molar-refractivity contribution in [3.05, 3.63) is 65.7 Å². The average Bonchev–Trinajstić information content (AvgIpc) is 2.68. The number of benzene rings is 2. The van der Waals surface area contributed by atoms with Crippen LogP contribution in [0.2, 0.25) is 0 Å². The summed E-state index contributed by atoms with van der Waals surface area (Å²) in [4.78, 5) is 14.2. The van der Waals surface area contributed by atoms with E-state index in [2.05, 4.69) is 11.4 Å². The first kappa shape index (κ1) is 19.4. The zero-order valence-corrected chi connectivity index (χ0v) is 15.5. The molecule has 0 bridgehead atoms. The maximum atomic E-state index is 12.4. The molecule has 0 heterocycles. The van der Waals surface area contributed by atoms with Crippen molar-refractivity contribution in [1.29, 1.82) is 5.26 Å². The van der Waals surface area contributed by atoms with Crippen LogP contribution in [0.15, 0.2) is 54.6 Å². The molecule has 2 aromatic carbocycles. The van der Waals surface area contributed by atoms with Gasteiger partial charge in [0.15, 0.2) is 5.11 Å². The van der Waals surface area contributed by atoms with Crippen molar-refractivity contribution in [2.24, 2.45) is 0 Å². The van der Waals surface area contributed by atoms with E-state index in [4.69, 9.17) is 22.2 Å². The minimum atomic E-state index is -0.278. The SMILES string of the molecule is COc1ccc(C(=O)NC(=S)N(CCC#N)CCc2ccccc2)cc1. The maximum absolute atomic E-state index is 12.4. The second-order valence-electron chi connectivity index (χ2n) is 5.62. The summed E-state index contributed by atoms with van der Waals surface area (Å²) in [5.41, 5.74) is 1.68. The van der Waals surface area contributed by atoms with Gasteiger partial charge in [0.1, 0.15) is 5.75 Å². The number of nitriles is 1. The number of carbonyl (C=O) groups is 1. The lowest BCUT2D eigenvalue weighted by molar-refractivity contribution is 0.0973. The number of methoxy groups -OCH3 is 1. The number of hydrogen-bond acceptors (Lipinski definition) is 4. The molecule has 1 amide bonds. The van der Waals surface area contributed by atoms with E-state index >= 15 is 0 Å². The van der Waals surface area contributed by atoms with Gasteiger partial charge in [0, 0.05) is 18.7 Å². The lowest BCUT2D eigenvalue weighted by atomic mass is 10.1. The largest absolute Gasteiger partial charge is 0.497 e. The summed E-state index contributed by atoms with van der Waals surface area (Å²) in [6, 6.07) is 19.0. The Balaban J connectivity index is 1.98. The van der Waals surface area contributed by atoms with Crippen LogP contribution in [0.4, 0.5) is 0 Å². The molecule has 26 heavy (non-hydrogen) atoms. The van der Waals surface area contributed by atoms with E-state index in [9.17, 15) is 4.79 Å². The van der Waals surface area contributed by atoms with Crippen LogP contribution < -0.4 is 10.1 Å². The third-order valence-corrected chi connectivity index (χ3v) is 4.23. The third-order valence-electron chi connectivity index (χ3n) is 3.87. The number of hydrogen-bond donors (Lipinski definition) is 1. The zero-order valence-electron chi connectivity index (χ0n) is 14.6. The van der Waals surface area contributed by atoms with Crippen molar-refractivity contribution in [3.8, 4) is 11.8 Å². The molecule has 0 unspecified atom stereocenters. The summed E-state index contributed by atoms with van der Waals surface area (Å²) in [6.45, 7) is 1.11. The molecule has 1 N–H and O–H groups in total. The summed E-state index contributed by atoms with van der Waals surface area (Å²) in [5, 5.41) is 12.0. The number of thiocarbonyl (C=S) groups is 1. The van der Waals surface area contributed by atoms with Gasteiger partial charge in [0.05, 0.1) is 19.6 Å². The van der Waals surface area contributed by atoms with E-state index in [0.29, 0.717) is 35.9 Å². The van der Waals surface area contributed by atoms with Crippen LogP contribution in [-0.2, 0) is 6.42 Å². The predicted octanol–water partition coefficient (Wildman–Crippen LogP) is 3.17. The van der Waals surface area contributed by atoms with Gasteiger partial charge in [-0.25, -0.2) is 0 Å². The van der Waals surface area contributed by atoms with Gasteiger partial charge in [-0.05, 0) is 48.5 Å².